The predicted octanol–water partition coefficient (Wildman–Crippen LogP) is 2.84. The zero-order chi connectivity index (χ0) is 12.0. The van der Waals surface area contributed by atoms with Gasteiger partial charge < -0.3 is 4.74 Å². The normalized spacial score (nSPS) is 35.8. The topological polar surface area (TPSA) is 12.5 Å². The van der Waals surface area contributed by atoms with Crippen LogP contribution in [0.4, 0.5) is 0 Å². The van der Waals surface area contributed by atoms with Crippen LogP contribution in [0.5, 0.6) is 0 Å². The van der Waals surface area contributed by atoms with Gasteiger partial charge in [-0.15, -0.1) is 0 Å². The van der Waals surface area contributed by atoms with Gasteiger partial charge in [0.05, 0.1) is 11.6 Å². The van der Waals surface area contributed by atoms with E-state index < -0.39 is 0 Å². The molecule has 0 saturated carbocycles. The molecule has 0 aromatic carbocycles. The first kappa shape index (κ1) is 12.1. The van der Waals surface area contributed by atoms with Crippen molar-refractivity contribution in [3.63, 3.8) is 0 Å². The van der Waals surface area contributed by atoms with Crippen molar-refractivity contribution in [1.29, 1.82) is 0 Å². The molecule has 2 nitrogen and oxygen atoms in total. The lowest BCUT2D eigenvalue weighted by atomic mass is 9.75. The van der Waals surface area contributed by atoms with Crippen LogP contribution in [0.2, 0.25) is 0 Å². The van der Waals surface area contributed by atoms with Crippen molar-refractivity contribution in [1.82, 2.24) is 4.90 Å². The smallest absolute Gasteiger partial charge is 0.0770 e. The minimum absolute atomic E-state index is 0.240. The van der Waals surface area contributed by atoms with Gasteiger partial charge in [-0.2, -0.15) is 0 Å². The van der Waals surface area contributed by atoms with Crippen molar-refractivity contribution in [2.45, 2.75) is 51.7 Å². The van der Waals surface area contributed by atoms with E-state index in [-0.39, 0.29) is 5.54 Å². The minimum Gasteiger partial charge on any atom is -0.379 e. The predicted molar refractivity (Wildman–Crippen MR) is 67.5 cm³/mol. The molecule has 0 spiro atoms. The Bertz CT molecular complexity index is 292. The minimum atomic E-state index is 0.240. The van der Waals surface area contributed by atoms with Gasteiger partial charge in [-0.25, -0.2) is 0 Å². The third kappa shape index (κ3) is 1.93. The molecule has 0 aromatic rings. The molecule has 0 bridgehead atoms. The molecular weight excluding hydrogens is 198 g/mol. The lowest BCUT2D eigenvalue weighted by molar-refractivity contribution is -0.00638. The molecule has 0 N–H and O–H groups in total. The monoisotopic (exact) mass is 223 g/mol. The van der Waals surface area contributed by atoms with E-state index in [9.17, 15) is 0 Å². The summed E-state index contributed by atoms with van der Waals surface area (Å²) >= 11 is 0. The van der Waals surface area contributed by atoms with E-state index in [1.807, 2.05) is 7.11 Å². The van der Waals surface area contributed by atoms with Gasteiger partial charge in [0.15, 0.2) is 0 Å². The van der Waals surface area contributed by atoms with Crippen molar-refractivity contribution < 1.29 is 4.74 Å². The third-order valence-corrected chi connectivity index (χ3v) is 3.98. The summed E-state index contributed by atoms with van der Waals surface area (Å²) < 4.78 is 5.74. The Labute approximate surface area is 99.7 Å². The van der Waals surface area contributed by atoms with Crippen LogP contribution in [-0.4, -0.2) is 36.7 Å². The molecule has 2 saturated heterocycles. The first-order valence-electron chi connectivity index (χ1n) is 6.32. The van der Waals surface area contributed by atoms with Crippen molar-refractivity contribution >= 4 is 0 Å². The third-order valence-electron chi connectivity index (χ3n) is 3.98. The second-order valence-corrected chi connectivity index (χ2v) is 6.70. The Kier molecular flexibility index (Phi) is 2.92. The Morgan fingerprint density at radius 3 is 2.75 bits per heavy atom. The summed E-state index contributed by atoms with van der Waals surface area (Å²) in [6.07, 6.45) is 3.91. The quantitative estimate of drug-likeness (QED) is 0.667. The number of hydrogen-bond acceptors (Lipinski definition) is 2. The van der Waals surface area contributed by atoms with Gasteiger partial charge in [0.25, 0.3) is 0 Å². The number of ether oxygens (including phenoxy) is 1. The molecule has 0 aliphatic carbocycles. The highest BCUT2D eigenvalue weighted by Gasteiger charge is 2.53. The summed E-state index contributed by atoms with van der Waals surface area (Å²) in [5.41, 5.74) is 1.97. The summed E-state index contributed by atoms with van der Waals surface area (Å²) in [5.74, 6) is 0. The molecule has 2 heteroatoms. The number of fused-ring (bicyclic) bond motifs is 1. The van der Waals surface area contributed by atoms with E-state index in [0.717, 1.165) is 13.0 Å². The maximum absolute atomic E-state index is 5.74. The van der Waals surface area contributed by atoms with Crippen molar-refractivity contribution in [2.75, 3.05) is 20.2 Å². The molecule has 2 unspecified atom stereocenters. The molecule has 0 aromatic heterocycles. The average molecular weight is 223 g/mol. The van der Waals surface area contributed by atoms with Gasteiger partial charge in [-0.05, 0) is 24.7 Å². The zero-order valence-corrected chi connectivity index (χ0v) is 11.2. The molecule has 2 aliphatic heterocycles. The highest BCUT2D eigenvalue weighted by atomic mass is 16.5. The fraction of sp³-hybridized carbons (Fsp3) is 0.857. The molecule has 0 radical (unpaired) electrons. The van der Waals surface area contributed by atoms with Crippen LogP contribution in [0, 0.1) is 5.41 Å². The molecular formula is C14H25NO. The van der Waals surface area contributed by atoms with Crippen molar-refractivity contribution in [2.24, 2.45) is 5.41 Å². The first-order chi connectivity index (χ1) is 7.37. The van der Waals surface area contributed by atoms with E-state index in [0.29, 0.717) is 11.5 Å². The van der Waals surface area contributed by atoms with Crippen LogP contribution in [0.1, 0.15) is 40.0 Å². The maximum Gasteiger partial charge on any atom is 0.0770 e. The van der Waals surface area contributed by atoms with Crippen molar-refractivity contribution in [3.8, 4) is 0 Å². The SMILES string of the molecule is C=C1CN2CCC(OC)C2(CC(C)(C)C)C1. The Morgan fingerprint density at radius 1 is 1.50 bits per heavy atom. The van der Waals surface area contributed by atoms with E-state index in [2.05, 4.69) is 32.3 Å². The summed E-state index contributed by atoms with van der Waals surface area (Å²) in [4.78, 5) is 2.61. The standard InChI is InChI=1S/C14H25NO/c1-11-8-14(10-13(2,3)4)12(16-5)6-7-15(14)9-11/h12H,1,6-10H2,2-5H3. The van der Waals surface area contributed by atoms with E-state index in [1.54, 1.807) is 0 Å². The van der Waals surface area contributed by atoms with Crippen LogP contribution < -0.4 is 0 Å². The molecule has 2 heterocycles. The molecule has 92 valence electrons. The number of methoxy groups -OCH3 is 1. The van der Waals surface area contributed by atoms with Gasteiger partial charge >= 0.3 is 0 Å². The molecule has 2 atom stereocenters. The summed E-state index contributed by atoms with van der Waals surface area (Å²) in [6.45, 7) is 13.4. The van der Waals surface area contributed by atoms with Crippen LogP contribution >= 0.6 is 0 Å². The van der Waals surface area contributed by atoms with Gasteiger partial charge in [-0.1, -0.05) is 32.9 Å². The zero-order valence-electron chi connectivity index (χ0n) is 11.2. The molecule has 16 heavy (non-hydrogen) atoms. The fourth-order valence-corrected chi connectivity index (χ4v) is 3.73. The lowest BCUT2D eigenvalue weighted by Crippen LogP contribution is -2.49. The van der Waals surface area contributed by atoms with Crippen LogP contribution in [0.25, 0.3) is 0 Å². The van der Waals surface area contributed by atoms with Gasteiger partial charge in [0.1, 0.15) is 0 Å². The van der Waals surface area contributed by atoms with Crippen molar-refractivity contribution in [3.05, 3.63) is 12.2 Å². The Hall–Kier alpha value is -0.340. The van der Waals surface area contributed by atoms with Gasteiger partial charge in [-0.3, -0.25) is 4.90 Å². The maximum atomic E-state index is 5.74. The lowest BCUT2D eigenvalue weighted by Gasteiger charge is -2.41. The second-order valence-electron chi connectivity index (χ2n) is 6.70. The van der Waals surface area contributed by atoms with Crippen LogP contribution in [0.3, 0.4) is 0 Å². The molecule has 0 amide bonds. The fourth-order valence-electron chi connectivity index (χ4n) is 3.73. The van der Waals surface area contributed by atoms with E-state index in [1.165, 1.54) is 25.0 Å². The number of nitrogens with zero attached hydrogens (tertiary/aromatic N) is 1. The summed E-state index contributed by atoms with van der Waals surface area (Å²) in [7, 11) is 1.86. The van der Waals surface area contributed by atoms with E-state index >= 15 is 0 Å². The number of rotatable bonds is 2. The number of hydrogen-bond donors (Lipinski definition) is 0. The molecule has 2 rings (SSSR count). The summed E-state index contributed by atoms with van der Waals surface area (Å²) in [6, 6.07) is 0. The van der Waals surface area contributed by atoms with Gasteiger partial charge in [0.2, 0.25) is 0 Å². The first-order valence-corrected chi connectivity index (χ1v) is 6.32. The van der Waals surface area contributed by atoms with Gasteiger partial charge in [0, 0.05) is 20.2 Å². The highest BCUT2D eigenvalue weighted by molar-refractivity contribution is 5.21. The largest absolute Gasteiger partial charge is 0.379 e. The molecule has 2 fully saturated rings. The van der Waals surface area contributed by atoms with Crippen LogP contribution in [-0.2, 0) is 4.74 Å². The summed E-state index contributed by atoms with van der Waals surface area (Å²) in [5, 5.41) is 0. The average Bonchev–Trinajstić information content (AvgIpc) is 2.54. The Morgan fingerprint density at radius 2 is 2.19 bits per heavy atom. The van der Waals surface area contributed by atoms with E-state index in [4.69, 9.17) is 4.74 Å². The Balaban J connectivity index is 2.26. The highest BCUT2D eigenvalue weighted by Crippen LogP contribution is 2.48. The van der Waals surface area contributed by atoms with Crippen LogP contribution in [0.15, 0.2) is 12.2 Å². The second kappa shape index (κ2) is 3.85. The molecule has 2 aliphatic rings.